The number of anilines is 1. The molecule has 0 radical (unpaired) electrons. The summed E-state index contributed by atoms with van der Waals surface area (Å²) in [4.78, 5) is 14.0. The maximum Gasteiger partial charge on any atom is 0.318 e. The fourth-order valence-corrected chi connectivity index (χ4v) is 1.45. The zero-order valence-electron chi connectivity index (χ0n) is 9.58. The van der Waals surface area contributed by atoms with E-state index in [1.807, 2.05) is 13.0 Å². The summed E-state index contributed by atoms with van der Waals surface area (Å²) in [6.45, 7) is 8.18. The summed E-state index contributed by atoms with van der Waals surface area (Å²) < 4.78 is 0. The van der Waals surface area contributed by atoms with E-state index in [0.717, 1.165) is 11.3 Å². The maximum atomic E-state index is 11.0. The number of nitrogens with one attached hydrogen (secondary N) is 3. The second kappa shape index (κ2) is 6.79. The fraction of sp³-hybridized carbons (Fsp3) is 0.182. The Labute approximate surface area is 115 Å². The molecule has 0 bridgehead atoms. The lowest BCUT2D eigenvalue weighted by molar-refractivity contribution is -0.119. The Morgan fingerprint density at radius 1 is 1.50 bits per heavy atom. The van der Waals surface area contributed by atoms with Crippen LogP contribution in [0.5, 0.6) is 0 Å². The largest absolute Gasteiger partial charge is 0.331 e. The Balaban J connectivity index is 2.52. The number of carbonyl (C=O) groups is 1. The van der Waals surface area contributed by atoms with Gasteiger partial charge in [-0.2, -0.15) is 0 Å². The standard InChI is InChI=1S/C11H11ClN4OS/c1-7-3-4-8(12)5-9(7)14-11(18)16-15-10(17)6-13-2/h3-5H,6H2,1H3,(H,15,17)(H2,14,16,18). The molecule has 0 spiro atoms. The predicted octanol–water partition coefficient (Wildman–Crippen LogP) is 1.89. The minimum Gasteiger partial charge on any atom is -0.331 e. The molecule has 1 amide bonds. The van der Waals surface area contributed by atoms with Crippen LogP contribution in [0, 0.1) is 13.5 Å². The van der Waals surface area contributed by atoms with E-state index in [1.165, 1.54) is 0 Å². The summed E-state index contributed by atoms with van der Waals surface area (Å²) in [5.41, 5.74) is 6.51. The number of halogens is 1. The van der Waals surface area contributed by atoms with Gasteiger partial charge in [-0.3, -0.25) is 15.6 Å². The molecule has 1 aromatic rings. The van der Waals surface area contributed by atoms with Crippen LogP contribution in [0.2, 0.25) is 5.02 Å². The summed E-state index contributed by atoms with van der Waals surface area (Å²) >= 11 is 10.8. The molecule has 0 saturated heterocycles. The van der Waals surface area contributed by atoms with Gasteiger partial charge in [-0.1, -0.05) is 17.7 Å². The van der Waals surface area contributed by atoms with Crippen molar-refractivity contribution in [3.05, 3.63) is 40.2 Å². The van der Waals surface area contributed by atoms with Crippen LogP contribution in [0.4, 0.5) is 5.69 Å². The molecule has 0 aliphatic carbocycles. The second-order valence-electron chi connectivity index (χ2n) is 3.40. The van der Waals surface area contributed by atoms with E-state index in [0.29, 0.717) is 5.02 Å². The molecule has 7 heteroatoms. The van der Waals surface area contributed by atoms with Crippen molar-refractivity contribution in [2.75, 3.05) is 11.9 Å². The minimum absolute atomic E-state index is 0.221. The lowest BCUT2D eigenvalue weighted by atomic mass is 10.2. The van der Waals surface area contributed by atoms with E-state index in [2.05, 4.69) is 21.0 Å². The molecule has 0 aliphatic heterocycles. The molecule has 5 nitrogen and oxygen atoms in total. The van der Waals surface area contributed by atoms with Crippen molar-refractivity contribution in [1.82, 2.24) is 10.9 Å². The fourth-order valence-electron chi connectivity index (χ4n) is 1.12. The van der Waals surface area contributed by atoms with E-state index >= 15 is 0 Å². The van der Waals surface area contributed by atoms with Crippen LogP contribution in [0.25, 0.3) is 4.85 Å². The first kappa shape index (κ1) is 14.2. The average molecular weight is 283 g/mol. The summed E-state index contributed by atoms with van der Waals surface area (Å²) in [7, 11) is 0. The molecule has 94 valence electrons. The highest BCUT2D eigenvalue weighted by atomic mass is 35.5. The SMILES string of the molecule is [C-]#[N+]CC(=O)NNC(=S)Nc1cc(Cl)ccc1C. The molecule has 0 aliphatic rings. The van der Waals surface area contributed by atoms with Gasteiger partial charge in [0.15, 0.2) is 5.11 Å². The van der Waals surface area contributed by atoms with Gasteiger partial charge in [-0.15, -0.1) is 0 Å². The van der Waals surface area contributed by atoms with Crippen molar-refractivity contribution in [3.63, 3.8) is 0 Å². The Hall–Kier alpha value is -1.84. The third-order valence-electron chi connectivity index (χ3n) is 1.99. The Kier molecular flexibility index (Phi) is 5.36. The minimum atomic E-state index is -0.447. The monoisotopic (exact) mass is 282 g/mol. The van der Waals surface area contributed by atoms with Crippen LogP contribution >= 0.6 is 23.8 Å². The van der Waals surface area contributed by atoms with Crippen molar-refractivity contribution in [2.24, 2.45) is 0 Å². The lowest BCUT2D eigenvalue weighted by Gasteiger charge is -2.12. The van der Waals surface area contributed by atoms with Crippen molar-refractivity contribution >= 4 is 40.5 Å². The first-order valence-corrected chi connectivity index (χ1v) is 5.76. The lowest BCUT2D eigenvalue weighted by Crippen LogP contribution is -2.44. The van der Waals surface area contributed by atoms with Crippen LogP contribution in [-0.4, -0.2) is 17.6 Å². The average Bonchev–Trinajstić information content (AvgIpc) is 2.32. The van der Waals surface area contributed by atoms with E-state index in [4.69, 9.17) is 30.4 Å². The highest BCUT2D eigenvalue weighted by molar-refractivity contribution is 7.80. The molecule has 1 aromatic carbocycles. The topological polar surface area (TPSA) is 57.5 Å². The molecule has 0 saturated carbocycles. The van der Waals surface area contributed by atoms with Gasteiger partial charge in [0, 0.05) is 10.7 Å². The Morgan fingerprint density at radius 3 is 2.89 bits per heavy atom. The molecular weight excluding hydrogens is 272 g/mol. The maximum absolute atomic E-state index is 11.0. The van der Waals surface area contributed by atoms with Crippen molar-refractivity contribution in [1.29, 1.82) is 0 Å². The van der Waals surface area contributed by atoms with Crippen LogP contribution in [0.3, 0.4) is 0 Å². The number of amides is 1. The summed E-state index contributed by atoms with van der Waals surface area (Å²) in [5, 5.41) is 3.70. The van der Waals surface area contributed by atoms with Gasteiger partial charge >= 0.3 is 5.91 Å². The van der Waals surface area contributed by atoms with E-state index in [-0.39, 0.29) is 11.7 Å². The smallest absolute Gasteiger partial charge is 0.318 e. The van der Waals surface area contributed by atoms with Crippen molar-refractivity contribution < 1.29 is 4.79 Å². The van der Waals surface area contributed by atoms with Gasteiger partial charge in [0.1, 0.15) is 0 Å². The van der Waals surface area contributed by atoms with Crippen molar-refractivity contribution in [2.45, 2.75) is 6.92 Å². The van der Waals surface area contributed by atoms with Gasteiger partial charge in [0.25, 0.3) is 6.54 Å². The molecule has 3 N–H and O–H groups in total. The normalized spacial score (nSPS) is 9.17. The molecule has 0 atom stereocenters. The number of nitrogens with zero attached hydrogens (tertiary/aromatic N) is 1. The number of aryl methyl sites for hydroxylation is 1. The summed E-state index contributed by atoms with van der Waals surface area (Å²) in [6, 6.07) is 5.35. The number of benzene rings is 1. The zero-order valence-corrected chi connectivity index (χ0v) is 11.2. The summed E-state index contributed by atoms with van der Waals surface area (Å²) in [5.74, 6) is -0.447. The molecular formula is C11H11ClN4OS. The number of carbonyl (C=O) groups excluding carboxylic acids is 1. The van der Waals surface area contributed by atoms with Crippen molar-refractivity contribution in [3.8, 4) is 0 Å². The van der Waals surface area contributed by atoms with Crippen LogP contribution in [0.1, 0.15) is 5.56 Å². The van der Waals surface area contributed by atoms with Crippen LogP contribution < -0.4 is 16.2 Å². The molecule has 1 rings (SSSR count). The third kappa shape index (κ3) is 4.57. The zero-order chi connectivity index (χ0) is 13.5. The third-order valence-corrected chi connectivity index (χ3v) is 2.43. The number of hydrogen-bond acceptors (Lipinski definition) is 2. The van der Waals surface area contributed by atoms with Gasteiger partial charge in [-0.05, 0) is 36.8 Å². The van der Waals surface area contributed by atoms with E-state index < -0.39 is 5.91 Å². The second-order valence-corrected chi connectivity index (χ2v) is 4.25. The van der Waals surface area contributed by atoms with E-state index in [1.54, 1.807) is 12.1 Å². The quantitative estimate of drug-likeness (QED) is 0.440. The van der Waals surface area contributed by atoms with Gasteiger partial charge < -0.3 is 10.2 Å². The molecule has 0 fully saturated rings. The predicted molar refractivity (Wildman–Crippen MR) is 75.2 cm³/mol. The first-order chi connectivity index (χ1) is 8.52. The van der Waals surface area contributed by atoms with Gasteiger partial charge in [0.2, 0.25) is 0 Å². The summed E-state index contributed by atoms with van der Waals surface area (Å²) in [6.07, 6.45) is 0. The number of thiocarbonyl (C=S) groups is 1. The number of hydrazine groups is 1. The van der Waals surface area contributed by atoms with Crippen LogP contribution in [-0.2, 0) is 4.79 Å². The molecule has 0 unspecified atom stereocenters. The highest BCUT2D eigenvalue weighted by Gasteiger charge is 2.05. The molecule has 0 aromatic heterocycles. The molecule has 0 heterocycles. The van der Waals surface area contributed by atoms with E-state index in [9.17, 15) is 4.79 Å². The number of rotatable bonds is 2. The van der Waals surface area contributed by atoms with Gasteiger partial charge in [-0.25, -0.2) is 6.57 Å². The molecule has 18 heavy (non-hydrogen) atoms. The first-order valence-electron chi connectivity index (χ1n) is 4.98. The number of hydrogen-bond donors (Lipinski definition) is 3. The van der Waals surface area contributed by atoms with Gasteiger partial charge in [0.05, 0.1) is 0 Å². The highest BCUT2D eigenvalue weighted by Crippen LogP contribution is 2.19. The Bertz CT molecular complexity index is 512. The van der Waals surface area contributed by atoms with Crippen LogP contribution in [0.15, 0.2) is 18.2 Å². The Morgan fingerprint density at radius 2 is 2.22 bits per heavy atom.